The summed E-state index contributed by atoms with van der Waals surface area (Å²) in [7, 11) is 0. The first kappa shape index (κ1) is 28.2. The molecule has 0 aromatic heterocycles. The summed E-state index contributed by atoms with van der Waals surface area (Å²) in [6.45, 7) is 0.0304. The minimum Gasteiger partial charge on any atom is -0.352 e. The van der Waals surface area contributed by atoms with Crippen LogP contribution in [0.1, 0.15) is 48.8 Å². The van der Waals surface area contributed by atoms with E-state index in [0.717, 1.165) is 36.8 Å². The fourth-order valence-electron chi connectivity index (χ4n) is 4.83. The van der Waals surface area contributed by atoms with Crippen molar-refractivity contribution in [3.63, 3.8) is 0 Å². The third-order valence-electron chi connectivity index (χ3n) is 6.93. The molecule has 4 nitrogen and oxygen atoms in total. The number of thioether (sulfide) groups is 1. The van der Waals surface area contributed by atoms with Gasteiger partial charge in [0.05, 0.1) is 5.75 Å². The molecule has 200 valence electrons. The summed E-state index contributed by atoms with van der Waals surface area (Å²) in [5, 5.41) is 3.88. The fraction of sp³-hybridized carbons (Fsp3) is 0.355. The number of hydrogen-bond donors (Lipinski definition) is 1. The summed E-state index contributed by atoms with van der Waals surface area (Å²) < 4.78 is 14.7. The highest BCUT2D eigenvalue weighted by Gasteiger charge is 2.32. The quantitative estimate of drug-likeness (QED) is 0.284. The first-order valence-electron chi connectivity index (χ1n) is 13.2. The zero-order valence-electron chi connectivity index (χ0n) is 21.5. The van der Waals surface area contributed by atoms with Crippen molar-refractivity contribution < 1.29 is 14.0 Å². The number of benzene rings is 3. The molecular formula is C31H34ClFN2O2S. The summed E-state index contributed by atoms with van der Waals surface area (Å²) >= 11 is 7.47. The van der Waals surface area contributed by atoms with E-state index in [-0.39, 0.29) is 36.0 Å². The lowest BCUT2D eigenvalue weighted by Gasteiger charge is -2.33. The standard InChI is InChI=1S/C31H34ClFN2O2S/c32-26-17-15-24(16-18-26)21-38-22-30(36)35(20-25-11-7-8-14-28(25)33)29(19-23-9-3-1-4-10-23)31(37)34-27-12-5-2-6-13-27/h1,3-4,7-11,14-18,27,29H,2,5-6,12-13,19-22H2,(H,34,37)/t29-/m0/s1. The molecule has 0 radical (unpaired) electrons. The van der Waals surface area contributed by atoms with E-state index in [1.54, 1.807) is 23.1 Å². The van der Waals surface area contributed by atoms with Gasteiger partial charge >= 0.3 is 0 Å². The molecule has 7 heteroatoms. The maximum absolute atomic E-state index is 14.7. The lowest BCUT2D eigenvalue weighted by molar-refractivity contribution is -0.139. The van der Waals surface area contributed by atoms with Crippen LogP contribution in [0.5, 0.6) is 0 Å². The summed E-state index contributed by atoms with van der Waals surface area (Å²) in [5.74, 6) is 0.0676. The number of nitrogens with one attached hydrogen (secondary N) is 1. The molecule has 1 saturated carbocycles. The Labute approximate surface area is 234 Å². The highest BCUT2D eigenvalue weighted by molar-refractivity contribution is 7.99. The molecule has 0 unspecified atom stereocenters. The molecule has 1 N–H and O–H groups in total. The van der Waals surface area contributed by atoms with Crippen LogP contribution in [0.4, 0.5) is 4.39 Å². The highest BCUT2D eigenvalue weighted by atomic mass is 35.5. The van der Waals surface area contributed by atoms with E-state index in [4.69, 9.17) is 11.6 Å². The van der Waals surface area contributed by atoms with Gasteiger partial charge in [0.2, 0.25) is 11.8 Å². The Morgan fingerprint density at radius 2 is 1.61 bits per heavy atom. The molecule has 0 heterocycles. The van der Waals surface area contributed by atoms with Gasteiger partial charge in [-0.1, -0.05) is 91.5 Å². The van der Waals surface area contributed by atoms with Crippen molar-refractivity contribution in [1.82, 2.24) is 10.2 Å². The van der Waals surface area contributed by atoms with E-state index in [1.165, 1.54) is 24.2 Å². The van der Waals surface area contributed by atoms with Gasteiger partial charge in [-0.2, -0.15) is 0 Å². The number of amides is 2. The Morgan fingerprint density at radius 3 is 2.32 bits per heavy atom. The maximum Gasteiger partial charge on any atom is 0.243 e. The van der Waals surface area contributed by atoms with Crippen molar-refractivity contribution in [3.05, 3.63) is 106 Å². The van der Waals surface area contributed by atoms with Gasteiger partial charge in [0.25, 0.3) is 0 Å². The maximum atomic E-state index is 14.7. The first-order chi connectivity index (χ1) is 18.5. The molecule has 1 atom stereocenters. The molecule has 3 aromatic carbocycles. The number of hydrogen-bond acceptors (Lipinski definition) is 3. The molecule has 4 rings (SSSR count). The Bertz CT molecular complexity index is 1190. The monoisotopic (exact) mass is 552 g/mol. The summed E-state index contributed by atoms with van der Waals surface area (Å²) in [6.07, 6.45) is 5.62. The molecular weight excluding hydrogens is 519 g/mol. The van der Waals surface area contributed by atoms with Crippen molar-refractivity contribution in [2.24, 2.45) is 0 Å². The zero-order valence-corrected chi connectivity index (χ0v) is 23.0. The average molecular weight is 553 g/mol. The van der Waals surface area contributed by atoms with Crippen LogP contribution in [0.3, 0.4) is 0 Å². The Balaban J connectivity index is 1.56. The van der Waals surface area contributed by atoms with Crippen LogP contribution in [0.25, 0.3) is 0 Å². The van der Waals surface area contributed by atoms with Crippen molar-refractivity contribution in [2.75, 3.05) is 5.75 Å². The minimum absolute atomic E-state index is 0.0304. The third kappa shape index (κ3) is 8.34. The zero-order chi connectivity index (χ0) is 26.7. The largest absolute Gasteiger partial charge is 0.352 e. The lowest BCUT2D eigenvalue weighted by atomic mass is 9.94. The van der Waals surface area contributed by atoms with Crippen LogP contribution in [0.15, 0.2) is 78.9 Å². The van der Waals surface area contributed by atoms with Gasteiger partial charge in [-0.15, -0.1) is 11.8 Å². The average Bonchev–Trinajstić information content (AvgIpc) is 2.93. The van der Waals surface area contributed by atoms with E-state index in [9.17, 15) is 14.0 Å². The van der Waals surface area contributed by atoms with Crippen LogP contribution < -0.4 is 5.32 Å². The second kappa shape index (κ2) is 14.4. The molecule has 1 aliphatic rings. The summed E-state index contributed by atoms with van der Waals surface area (Å²) in [4.78, 5) is 29.0. The Kier molecular flexibility index (Phi) is 10.6. The normalized spacial score (nSPS) is 14.6. The van der Waals surface area contributed by atoms with Crippen molar-refractivity contribution in [3.8, 4) is 0 Å². The molecule has 3 aromatic rings. The van der Waals surface area contributed by atoms with Crippen LogP contribution in [-0.2, 0) is 28.3 Å². The molecule has 38 heavy (non-hydrogen) atoms. The highest BCUT2D eigenvalue weighted by Crippen LogP contribution is 2.22. The molecule has 1 fully saturated rings. The van der Waals surface area contributed by atoms with Gasteiger partial charge in [-0.25, -0.2) is 4.39 Å². The van der Waals surface area contributed by atoms with Crippen molar-refractivity contribution in [2.45, 2.75) is 62.9 Å². The second-order valence-corrected chi connectivity index (χ2v) is 11.2. The smallest absolute Gasteiger partial charge is 0.243 e. The first-order valence-corrected chi connectivity index (χ1v) is 14.7. The van der Waals surface area contributed by atoms with E-state index in [1.807, 2.05) is 54.6 Å². The lowest BCUT2D eigenvalue weighted by Crippen LogP contribution is -2.53. The number of halogens is 2. The van der Waals surface area contributed by atoms with Gasteiger partial charge in [0, 0.05) is 35.3 Å². The molecule has 0 spiro atoms. The van der Waals surface area contributed by atoms with E-state index in [2.05, 4.69) is 5.32 Å². The molecule has 0 saturated heterocycles. The summed E-state index contributed by atoms with van der Waals surface area (Å²) in [6, 6.07) is 23.0. The second-order valence-electron chi connectivity index (χ2n) is 9.78. The molecule has 2 amide bonds. The molecule has 1 aliphatic carbocycles. The molecule has 0 bridgehead atoms. The van der Waals surface area contributed by atoms with Crippen LogP contribution >= 0.6 is 23.4 Å². The van der Waals surface area contributed by atoms with E-state index in [0.29, 0.717) is 22.8 Å². The van der Waals surface area contributed by atoms with Crippen LogP contribution in [0, 0.1) is 5.82 Å². The van der Waals surface area contributed by atoms with Gasteiger partial charge in [-0.3, -0.25) is 9.59 Å². The Morgan fingerprint density at radius 1 is 0.921 bits per heavy atom. The van der Waals surface area contributed by atoms with Crippen LogP contribution in [-0.4, -0.2) is 34.6 Å². The topological polar surface area (TPSA) is 49.4 Å². The van der Waals surface area contributed by atoms with Crippen molar-refractivity contribution in [1.29, 1.82) is 0 Å². The van der Waals surface area contributed by atoms with Gasteiger partial charge in [0.15, 0.2) is 0 Å². The molecule has 0 aliphatic heterocycles. The van der Waals surface area contributed by atoms with E-state index < -0.39 is 6.04 Å². The van der Waals surface area contributed by atoms with Gasteiger partial charge in [0.1, 0.15) is 11.9 Å². The van der Waals surface area contributed by atoms with E-state index >= 15 is 0 Å². The minimum atomic E-state index is -0.748. The predicted molar refractivity (Wildman–Crippen MR) is 154 cm³/mol. The Hall–Kier alpha value is -2.83. The van der Waals surface area contributed by atoms with Crippen LogP contribution in [0.2, 0.25) is 5.02 Å². The number of carbonyl (C=O) groups is 2. The van der Waals surface area contributed by atoms with Gasteiger partial charge < -0.3 is 10.2 Å². The number of rotatable bonds is 11. The number of nitrogens with zero attached hydrogens (tertiary/aromatic N) is 1. The van der Waals surface area contributed by atoms with Gasteiger partial charge in [-0.05, 0) is 42.2 Å². The SMILES string of the molecule is O=C(NC1CCCCC1)[C@H](Cc1ccccc1)N(Cc1ccccc1F)C(=O)CSCc1ccc(Cl)cc1. The third-order valence-corrected chi connectivity index (χ3v) is 8.17. The number of carbonyl (C=O) groups excluding carboxylic acids is 2. The fourth-order valence-corrected chi connectivity index (χ4v) is 5.82. The van der Waals surface area contributed by atoms with Crippen molar-refractivity contribution >= 4 is 35.2 Å². The summed E-state index contributed by atoms with van der Waals surface area (Å²) in [5.41, 5.74) is 2.41. The predicted octanol–water partition coefficient (Wildman–Crippen LogP) is 6.80.